The Kier molecular flexibility index (Phi) is 3.99. The standard InChI is InChI=1S/C11H14N2O3/c1-4-16-11(14)6-5-10-9(3)13(15)7-8(2)12-10/h5-7H,4H2,1-3H3/b6-5+. The van der Waals surface area contributed by atoms with Crippen molar-refractivity contribution in [1.82, 2.24) is 4.98 Å². The van der Waals surface area contributed by atoms with E-state index < -0.39 is 5.97 Å². The molecular weight excluding hydrogens is 208 g/mol. The van der Waals surface area contributed by atoms with E-state index >= 15 is 0 Å². The molecular formula is C11H14N2O3. The number of hydrogen-bond donors (Lipinski definition) is 0. The summed E-state index contributed by atoms with van der Waals surface area (Å²) in [6.45, 7) is 5.41. The second-order valence-electron chi connectivity index (χ2n) is 3.26. The number of nitrogens with zero attached hydrogens (tertiary/aromatic N) is 2. The molecule has 0 spiro atoms. The third-order valence-electron chi connectivity index (χ3n) is 1.97. The van der Waals surface area contributed by atoms with Crippen molar-refractivity contribution in [3.05, 3.63) is 34.6 Å². The van der Waals surface area contributed by atoms with Crippen LogP contribution in [0.4, 0.5) is 0 Å². The number of aryl methyl sites for hydroxylation is 1. The van der Waals surface area contributed by atoms with Gasteiger partial charge < -0.3 is 9.94 Å². The van der Waals surface area contributed by atoms with Crippen LogP contribution < -0.4 is 4.73 Å². The van der Waals surface area contributed by atoms with Crippen molar-refractivity contribution >= 4 is 12.0 Å². The molecule has 0 amide bonds. The zero-order valence-electron chi connectivity index (χ0n) is 9.56. The summed E-state index contributed by atoms with van der Waals surface area (Å²) >= 11 is 0. The van der Waals surface area contributed by atoms with Crippen LogP contribution in [0.1, 0.15) is 24.0 Å². The van der Waals surface area contributed by atoms with E-state index in [2.05, 4.69) is 4.98 Å². The summed E-state index contributed by atoms with van der Waals surface area (Å²) in [7, 11) is 0. The van der Waals surface area contributed by atoms with Crippen molar-refractivity contribution < 1.29 is 14.3 Å². The maximum absolute atomic E-state index is 11.4. The minimum Gasteiger partial charge on any atom is -0.618 e. The molecule has 0 bridgehead atoms. The summed E-state index contributed by atoms with van der Waals surface area (Å²) in [6, 6.07) is 0. The van der Waals surface area contributed by atoms with Gasteiger partial charge in [-0.3, -0.25) is 0 Å². The SMILES string of the molecule is CCOC(=O)/C=C/c1nc(C)c[n+]([O-])c1C. The van der Waals surface area contributed by atoms with Crippen molar-refractivity contribution in [3.63, 3.8) is 0 Å². The molecule has 0 N–H and O–H groups in total. The van der Waals surface area contributed by atoms with Gasteiger partial charge in [-0.15, -0.1) is 0 Å². The van der Waals surface area contributed by atoms with Gasteiger partial charge in [0.05, 0.1) is 6.61 Å². The second kappa shape index (κ2) is 5.25. The van der Waals surface area contributed by atoms with E-state index in [9.17, 15) is 10.0 Å². The van der Waals surface area contributed by atoms with Crippen molar-refractivity contribution in [3.8, 4) is 0 Å². The predicted molar refractivity (Wildman–Crippen MR) is 58.3 cm³/mol. The molecule has 5 nitrogen and oxygen atoms in total. The maximum atomic E-state index is 11.4. The molecule has 5 heteroatoms. The molecule has 0 saturated heterocycles. The molecule has 1 rings (SSSR count). The van der Waals surface area contributed by atoms with Gasteiger partial charge in [0, 0.05) is 13.0 Å². The number of esters is 1. The molecule has 0 aliphatic rings. The fourth-order valence-corrected chi connectivity index (χ4v) is 1.17. The molecule has 0 aromatic carbocycles. The third-order valence-corrected chi connectivity index (χ3v) is 1.97. The highest BCUT2D eigenvalue weighted by molar-refractivity contribution is 5.86. The molecule has 0 unspecified atom stereocenters. The first-order valence-corrected chi connectivity index (χ1v) is 4.96. The minimum absolute atomic E-state index is 0.324. The summed E-state index contributed by atoms with van der Waals surface area (Å²) in [5.74, 6) is -0.442. The third kappa shape index (κ3) is 3.05. The Morgan fingerprint density at radius 3 is 2.94 bits per heavy atom. The van der Waals surface area contributed by atoms with E-state index in [0.717, 1.165) is 4.73 Å². The minimum atomic E-state index is -0.442. The largest absolute Gasteiger partial charge is 0.618 e. The number of carbonyl (C=O) groups is 1. The average molecular weight is 222 g/mol. The normalized spacial score (nSPS) is 10.7. The Labute approximate surface area is 94.0 Å². The number of rotatable bonds is 3. The predicted octanol–water partition coefficient (Wildman–Crippen LogP) is 0.908. The number of ether oxygens (including phenoxy) is 1. The summed E-state index contributed by atoms with van der Waals surface area (Å²) in [6.07, 6.45) is 4.13. The lowest BCUT2D eigenvalue weighted by molar-refractivity contribution is -0.613. The van der Waals surface area contributed by atoms with Gasteiger partial charge in [0.25, 0.3) is 0 Å². The lowest BCUT2D eigenvalue weighted by atomic mass is 10.3. The first-order valence-electron chi connectivity index (χ1n) is 4.96. The van der Waals surface area contributed by atoms with Gasteiger partial charge in [0.2, 0.25) is 11.9 Å². The maximum Gasteiger partial charge on any atom is 0.330 e. The smallest absolute Gasteiger partial charge is 0.330 e. The zero-order valence-corrected chi connectivity index (χ0v) is 9.56. The van der Waals surface area contributed by atoms with E-state index in [0.29, 0.717) is 23.7 Å². The Morgan fingerprint density at radius 1 is 1.62 bits per heavy atom. The van der Waals surface area contributed by atoms with Crippen LogP contribution in [-0.4, -0.2) is 17.6 Å². The highest BCUT2D eigenvalue weighted by Crippen LogP contribution is 2.03. The Balaban J connectivity index is 2.93. The van der Waals surface area contributed by atoms with E-state index in [-0.39, 0.29) is 0 Å². The molecule has 0 saturated carbocycles. The van der Waals surface area contributed by atoms with E-state index in [1.165, 1.54) is 18.3 Å². The molecule has 0 radical (unpaired) electrons. The summed E-state index contributed by atoms with van der Waals surface area (Å²) in [4.78, 5) is 15.2. The van der Waals surface area contributed by atoms with E-state index in [1.807, 2.05) is 0 Å². The topological polar surface area (TPSA) is 66.1 Å². The van der Waals surface area contributed by atoms with Crippen LogP contribution in [0.5, 0.6) is 0 Å². The van der Waals surface area contributed by atoms with Gasteiger partial charge in [0.15, 0.2) is 0 Å². The van der Waals surface area contributed by atoms with Crippen molar-refractivity contribution in [2.45, 2.75) is 20.8 Å². The molecule has 1 heterocycles. The Morgan fingerprint density at radius 2 is 2.31 bits per heavy atom. The number of carbonyl (C=O) groups excluding carboxylic acids is 1. The first kappa shape index (κ1) is 12.2. The lowest BCUT2D eigenvalue weighted by Crippen LogP contribution is -2.31. The summed E-state index contributed by atoms with van der Waals surface area (Å²) < 4.78 is 5.45. The zero-order chi connectivity index (χ0) is 12.1. The van der Waals surface area contributed by atoms with Crippen LogP contribution in [0.15, 0.2) is 12.3 Å². The lowest BCUT2D eigenvalue weighted by Gasteiger charge is -2.03. The molecule has 0 aliphatic heterocycles. The quantitative estimate of drug-likeness (QED) is 0.330. The van der Waals surface area contributed by atoms with Crippen molar-refractivity contribution in [2.24, 2.45) is 0 Å². The van der Waals surface area contributed by atoms with Gasteiger partial charge in [-0.25, -0.2) is 9.78 Å². The van der Waals surface area contributed by atoms with Gasteiger partial charge in [-0.1, -0.05) is 0 Å². The summed E-state index contributed by atoms with van der Waals surface area (Å²) in [5, 5.41) is 11.4. The second-order valence-corrected chi connectivity index (χ2v) is 3.26. The molecule has 1 aromatic rings. The average Bonchev–Trinajstić information content (AvgIpc) is 2.21. The van der Waals surface area contributed by atoms with E-state index in [1.54, 1.807) is 20.8 Å². The fourth-order valence-electron chi connectivity index (χ4n) is 1.17. The highest BCUT2D eigenvalue weighted by atomic mass is 16.5. The van der Waals surface area contributed by atoms with Gasteiger partial charge in [-0.05, 0) is 19.9 Å². The van der Waals surface area contributed by atoms with Gasteiger partial charge in [0.1, 0.15) is 11.4 Å². The molecule has 0 fully saturated rings. The molecule has 16 heavy (non-hydrogen) atoms. The van der Waals surface area contributed by atoms with Crippen molar-refractivity contribution in [2.75, 3.05) is 6.61 Å². The number of hydrogen-bond acceptors (Lipinski definition) is 4. The molecule has 0 atom stereocenters. The van der Waals surface area contributed by atoms with Crippen LogP contribution in [0.25, 0.3) is 6.08 Å². The van der Waals surface area contributed by atoms with Crippen LogP contribution in [-0.2, 0) is 9.53 Å². The van der Waals surface area contributed by atoms with Gasteiger partial charge >= 0.3 is 5.97 Å². The monoisotopic (exact) mass is 222 g/mol. The first-order chi connectivity index (χ1) is 7.54. The van der Waals surface area contributed by atoms with Gasteiger partial charge in [-0.2, -0.15) is 4.73 Å². The van der Waals surface area contributed by atoms with Crippen molar-refractivity contribution in [1.29, 1.82) is 0 Å². The molecule has 86 valence electrons. The molecule has 1 aromatic heterocycles. The van der Waals surface area contributed by atoms with Crippen LogP contribution in [0.2, 0.25) is 0 Å². The fraction of sp³-hybridized carbons (Fsp3) is 0.364. The van der Waals surface area contributed by atoms with Crippen LogP contribution in [0, 0.1) is 19.1 Å². The Bertz CT molecular complexity index is 427. The van der Waals surface area contributed by atoms with E-state index in [4.69, 9.17) is 4.74 Å². The van der Waals surface area contributed by atoms with Crippen LogP contribution in [0.3, 0.4) is 0 Å². The highest BCUT2D eigenvalue weighted by Gasteiger charge is 2.08. The Hall–Kier alpha value is -1.91. The summed E-state index contributed by atoms with van der Waals surface area (Å²) in [5.41, 5.74) is 1.53. The molecule has 0 aliphatic carbocycles. The number of aromatic nitrogens is 2. The van der Waals surface area contributed by atoms with Crippen LogP contribution >= 0.6 is 0 Å².